The normalized spacial score (nSPS) is 15.4. The maximum absolute atomic E-state index is 5.95. The predicted molar refractivity (Wildman–Crippen MR) is 82.3 cm³/mol. The Morgan fingerprint density at radius 1 is 0.950 bits per heavy atom. The minimum absolute atomic E-state index is 0.320. The van der Waals surface area contributed by atoms with Crippen LogP contribution in [0.3, 0.4) is 0 Å². The number of rotatable bonds is 2. The molecule has 0 aliphatic carbocycles. The second-order valence-corrected chi connectivity index (χ2v) is 5.07. The van der Waals surface area contributed by atoms with E-state index in [0.717, 1.165) is 32.0 Å². The molecule has 3 rings (SSSR count). The topological polar surface area (TPSA) is 58.3 Å². The van der Waals surface area contributed by atoms with E-state index >= 15 is 0 Å². The van der Waals surface area contributed by atoms with Crippen molar-refractivity contribution in [2.24, 2.45) is 0 Å². The van der Waals surface area contributed by atoms with Crippen LogP contribution in [0.5, 0.6) is 0 Å². The van der Waals surface area contributed by atoms with E-state index < -0.39 is 0 Å². The van der Waals surface area contributed by atoms with Crippen molar-refractivity contribution in [2.75, 3.05) is 41.7 Å². The van der Waals surface area contributed by atoms with Gasteiger partial charge in [0, 0.05) is 31.9 Å². The summed E-state index contributed by atoms with van der Waals surface area (Å²) >= 11 is 5.94. The second kappa shape index (κ2) is 5.54. The van der Waals surface area contributed by atoms with Crippen molar-refractivity contribution < 1.29 is 0 Å². The van der Waals surface area contributed by atoms with Crippen LogP contribution in [-0.4, -0.2) is 36.1 Å². The van der Waals surface area contributed by atoms with Crippen molar-refractivity contribution in [1.29, 1.82) is 0 Å². The summed E-state index contributed by atoms with van der Waals surface area (Å²) in [7, 11) is 0. The van der Waals surface area contributed by atoms with Crippen LogP contribution in [0.4, 0.5) is 17.2 Å². The Bertz CT molecular complexity index is 581. The number of benzene rings is 1. The van der Waals surface area contributed by atoms with Crippen molar-refractivity contribution in [1.82, 2.24) is 9.97 Å². The smallest absolute Gasteiger partial charge is 0.157 e. The van der Waals surface area contributed by atoms with E-state index in [1.54, 1.807) is 0 Å². The average molecular weight is 290 g/mol. The molecule has 0 atom stereocenters. The Hall–Kier alpha value is -2.01. The first kappa shape index (κ1) is 13.0. The molecule has 20 heavy (non-hydrogen) atoms. The second-order valence-electron chi connectivity index (χ2n) is 4.71. The van der Waals surface area contributed by atoms with Gasteiger partial charge in [0.25, 0.3) is 0 Å². The largest absolute Gasteiger partial charge is 0.393 e. The first-order valence-corrected chi connectivity index (χ1v) is 6.94. The van der Waals surface area contributed by atoms with Gasteiger partial charge < -0.3 is 15.5 Å². The number of nitrogen functional groups attached to an aromatic ring is 1. The molecule has 1 aliphatic rings. The number of para-hydroxylation sites is 1. The lowest BCUT2D eigenvalue weighted by molar-refractivity contribution is 0.647. The molecular weight excluding hydrogens is 274 g/mol. The minimum atomic E-state index is 0.320. The molecule has 104 valence electrons. The highest BCUT2D eigenvalue weighted by Crippen LogP contribution is 2.27. The zero-order chi connectivity index (χ0) is 13.9. The Balaban J connectivity index is 1.71. The summed E-state index contributed by atoms with van der Waals surface area (Å²) in [6.45, 7) is 3.61. The van der Waals surface area contributed by atoms with Crippen molar-refractivity contribution in [3.63, 3.8) is 0 Å². The molecule has 0 unspecified atom stereocenters. The van der Waals surface area contributed by atoms with Crippen LogP contribution in [0.2, 0.25) is 5.15 Å². The van der Waals surface area contributed by atoms with Crippen LogP contribution in [0, 0.1) is 0 Å². The van der Waals surface area contributed by atoms with Gasteiger partial charge in [-0.1, -0.05) is 29.8 Å². The van der Waals surface area contributed by atoms with Crippen molar-refractivity contribution in [2.45, 2.75) is 0 Å². The molecule has 1 aromatic carbocycles. The molecule has 0 spiro atoms. The quantitative estimate of drug-likeness (QED) is 0.858. The van der Waals surface area contributed by atoms with E-state index in [9.17, 15) is 0 Å². The van der Waals surface area contributed by atoms with Crippen LogP contribution in [0.15, 0.2) is 36.7 Å². The molecule has 0 radical (unpaired) electrons. The van der Waals surface area contributed by atoms with Crippen molar-refractivity contribution in [3.8, 4) is 0 Å². The standard InChI is InChI=1S/C14H16ClN5/c15-13-12(16)14(18-10-17-13)20-8-6-19(7-9-20)11-4-2-1-3-5-11/h1-5,10H,6-9,16H2. The van der Waals surface area contributed by atoms with E-state index in [-0.39, 0.29) is 0 Å². The SMILES string of the molecule is Nc1c(Cl)ncnc1N1CCN(c2ccccc2)CC1. The van der Waals surface area contributed by atoms with Gasteiger partial charge >= 0.3 is 0 Å². The zero-order valence-corrected chi connectivity index (χ0v) is 11.8. The van der Waals surface area contributed by atoms with E-state index in [2.05, 4.69) is 44.0 Å². The zero-order valence-electron chi connectivity index (χ0n) is 11.0. The molecule has 1 saturated heterocycles. The molecule has 1 aromatic heterocycles. The predicted octanol–water partition coefficient (Wildman–Crippen LogP) is 2.04. The highest BCUT2D eigenvalue weighted by Gasteiger charge is 2.20. The summed E-state index contributed by atoms with van der Waals surface area (Å²) in [5.74, 6) is 0.734. The van der Waals surface area contributed by atoms with Gasteiger partial charge in [-0.15, -0.1) is 0 Å². The third kappa shape index (κ3) is 2.49. The van der Waals surface area contributed by atoms with Crippen LogP contribution in [-0.2, 0) is 0 Å². The van der Waals surface area contributed by atoms with E-state index in [1.807, 2.05) is 6.07 Å². The Labute approximate surface area is 123 Å². The van der Waals surface area contributed by atoms with Gasteiger partial charge in [0.1, 0.15) is 12.0 Å². The van der Waals surface area contributed by atoms with Crippen molar-refractivity contribution in [3.05, 3.63) is 41.8 Å². The number of nitrogens with two attached hydrogens (primary N) is 1. The monoisotopic (exact) mass is 289 g/mol. The van der Waals surface area contributed by atoms with Crippen LogP contribution >= 0.6 is 11.6 Å². The minimum Gasteiger partial charge on any atom is -0.393 e. The summed E-state index contributed by atoms with van der Waals surface area (Å²) in [6, 6.07) is 10.4. The van der Waals surface area contributed by atoms with E-state index in [1.165, 1.54) is 12.0 Å². The highest BCUT2D eigenvalue weighted by molar-refractivity contribution is 6.32. The summed E-state index contributed by atoms with van der Waals surface area (Å²) in [5, 5.41) is 0.320. The van der Waals surface area contributed by atoms with Gasteiger partial charge in [0.15, 0.2) is 11.0 Å². The molecule has 0 saturated carbocycles. The maximum Gasteiger partial charge on any atom is 0.157 e. The third-order valence-corrected chi connectivity index (χ3v) is 3.82. The van der Waals surface area contributed by atoms with Crippen LogP contribution < -0.4 is 15.5 Å². The highest BCUT2D eigenvalue weighted by atomic mass is 35.5. The molecule has 2 N–H and O–H groups in total. The number of hydrogen-bond donors (Lipinski definition) is 1. The first-order chi connectivity index (χ1) is 9.75. The number of halogens is 1. The molecule has 0 bridgehead atoms. The fourth-order valence-corrected chi connectivity index (χ4v) is 2.56. The van der Waals surface area contributed by atoms with Gasteiger partial charge in [0.05, 0.1) is 0 Å². The number of piperazine rings is 1. The fraction of sp³-hybridized carbons (Fsp3) is 0.286. The number of aromatic nitrogens is 2. The molecule has 0 amide bonds. The molecule has 5 nitrogen and oxygen atoms in total. The Kier molecular flexibility index (Phi) is 3.60. The molecule has 2 aromatic rings. The summed E-state index contributed by atoms with van der Waals surface area (Å²) in [6.07, 6.45) is 1.46. The Morgan fingerprint density at radius 2 is 1.60 bits per heavy atom. The lowest BCUT2D eigenvalue weighted by Gasteiger charge is -2.37. The van der Waals surface area contributed by atoms with Gasteiger partial charge in [0.2, 0.25) is 0 Å². The van der Waals surface area contributed by atoms with Gasteiger partial charge in [-0.25, -0.2) is 9.97 Å². The van der Waals surface area contributed by atoms with Gasteiger partial charge in [-0.3, -0.25) is 0 Å². The van der Waals surface area contributed by atoms with Gasteiger partial charge in [-0.05, 0) is 12.1 Å². The molecule has 2 heterocycles. The number of hydrogen-bond acceptors (Lipinski definition) is 5. The average Bonchev–Trinajstić information content (AvgIpc) is 2.51. The molecule has 6 heteroatoms. The lowest BCUT2D eigenvalue weighted by atomic mass is 10.2. The van der Waals surface area contributed by atoms with Gasteiger partial charge in [-0.2, -0.15) is 0 Å². The number of nitrogens with zero attached hydrogens (tertiary/aromatic N) is 4. The Morgan fingerprint density at radius 3 is 2.30 bits per heavy atom. The van der Waals surface area contributed by atoms with Crippen LogP contribution in [0.25, 0.3) is 0 Å². The van der Waals surface area contributed by atoms with Crippen LogP contribution in [0.1, 0.15) is 0 Å². The third-order valence-electron chi connectivity index (χ3n) is 3.51. The fourth-order valence-electron chi connectivity index (χ4n) is 2.43. The number of anilines is 3. The summed E-state index contributed by atoms with van der Waals surface area (Å²) < 4.78 is 0. The summed E-state index contributed by atoms with van der Waals surface area (Å²) in [4.78, 5) is 12.6. The lowest BCUT2D eigenvalue weighted by Crippen LogP contribution is -2.47. The van der Waals surface area contributed by atoms with E-state index in [0.29, 0.717) is 10.8 Å². The molecular formula is C14H16ClN5. The first-order valence-electron chi connectivity index (χ1n) is 6.56. The molecule has 1 aliphatic heterocycles. The van der Waals surface area contributed by atoms with E-state index in [4.69, 9.17) is 17.3 Å². The maximum atomic E-state index is 5.95. The van der Waals surface area contributed by atoms with Crippen molar-refractivity contribution >= 4 is 28.8 Å². The molecule has 1 fully saturated rings. The summed E-state index contributed by atoms with van der Waals surface area (Å²) in [5.41, 5.74) is 7.66.